The van der Waals surface area contributed by atoms with Crippen molar-refractivity contribution < 1.29 is 9.32 Å². The number of urea groups is 1. The van der Waals surface area contributed by atoms with E-state index >= 15 is 0 Å². The molecule has 0 saturated carbocycles. The van der Waals surface area contributed by atoms with E-state index < -0.39 is 0 Å². The first kappa shape index (κ1) is 16.6. The number of hydrogen-bond acceptors (Lipinski definition) is 6. The van der Waals surface area contributed by atoms with Crippen LogP contribution in [0, 0.1) is 0 Å². The van der Waals surface area contributed by atoms with Crippen molar-refractivity contribution in [1.82, 2.24) is 30.7 Å². The van der Waals surface area contributed by atoms with Crippen molar-refractivity contribution in [3.8, 4) is 5.69 Å². The number of rotatable bonds is 6. The number of carbonyl (C=O) groups is 1. The van der Waals surface area contributed by atoms with Crippen LogP contribution in [0.5, 0.6) is 0 Å². The lowest BCUT2D eigenvalue weighted by Gasteiger charge is -2.11. The number of aromatic nitrogens is 5. The number of nitrogens with one attached hydrogen (secondary N) is 2. The SMILES string of the molecule is CCc1cc(CNC(=O)Nc2ccccc2-n2nnnc2CC)on1. The smallest absolute Gasteiger partial charge is 0.319 e. The fraction of sp³-hybridized carbons (Fsp3) is 0.312. The molecule has 0 saturated heterocycles. The molecule has 3 aromatic rings. The Bertz CT molecular complexity index is 856. The van der Waals surface area contributed by atoms with Crippen LogP contribution >= 0.6 is 0 Å². The number of carbonyl (C=O) groups excluding carboxylic acids is 1. The molecule has 2 heterocycles. The molecule has 2 amide bonds. The highest BCUT2D eigenvalue weighted by atomic mass is 16.5. The molecule has 0 aliphatic carbocycles. The van der Waals surface area contributed by atoms with Crippen molar-refractivity contribution in [2.75, 3.05) is 5.32 Å². The van der Waals surface area contributed by atoms with E-state index in [-0.39, 0.29) is 12.6 Å². The van der Waals surface area contributed by atoms with Gasteiger partial charge in [0.2, 0.25) is 0 Å². The third-order valence-corrected chi connectivity index (χ3v) is 3.62. The second kappa shape index (κ2) is 7.56. The van der Waals surface area contributed by atoms with Crippen molar-refractivity contribution in [1.29, 1.82) is 0 Å². The first-order chi connectivity index (χ1) is 12.2. The van der Waals surface area contributed by atoms with Crippen molar-refractivity contribution in [3.05, 3.63) is 47.6 Å². The van der Waals surface area contributed by atoms with Gasteiger partial charge in [-0.1, -0.05) is 31.1 Å². The fourth-order valence-corrected chi connectivity index (χ4v) is 2.32. The van der Waals surface area contributed by atoms with E-state index in [1.54, 1.807) is 10.7 Å². The first-order valence-electron chi connectivity index (χ1n) is 8.07. The minimum Gasteiger partial charge on any atom is -0.359 e. The lowest BCUT2D eigenvalue weighted by Crippen LogP contribution is -2.28. The van der Waals surface area contributed by atoms with Crippen LogP contribution in [0.2, 0.25) is 0 Å². The maximum atomic E-state index is 12.2. The third kappa shape index (κ3) is 3.82. The van der Waals surface area contributed by atoms with E-state index in [1.165, 1.54) is 0 Å². The zero-order chi connectivity index (χ0) is 17.6. The summed E-state index contributed by atoms with van der Waals surface area (Å²) >= 11 is 0. The van der Waals surface area contributed by atoms with Crippen LogP contribution in [0.15, 0.2) is 34.9 Å². The van der Waals surface area contributed by atoms with Crippen molar-refractivity contribution in [2.45, 2.75) is 33.2 Å². The Balaban J connectivity index is 1.69. The van der Waals surface area contributed by atoms with Crippen LogP contribution in [0.4, 0.5) is 10.5 Å². The summed E-state index contributed by atoms with van der Waals surface area (Å²) in [6.07, 6.45) is 1.47. The molecule has 0 bridgehead atoms. The summed E-state index contributed by atoms with van der Waals surface area (Å²) in [5.41, 5.74) is 2.16. The Morgan fingerprint density at radius 3 is 2.84 bits per heavy atom. The van der Waals surface area contributed by atoms with Gasteiger partial charge >= 0.3 is 6.03 Å². The van der Waals surface area contributed by atoms with Crippen LogP contribution in [0.1, 0.15) is 31.1 Å². The van der Waals surface area contributed by atoms with Crippen LogP contribution in [-0.4, -0.2) is 31.4 Å². The van der Waals surface area contributed by atoms with Gasteiger partial charge in [-0.3, -0.25) is 0 Å². The Morgan fingerprint density at radius 1 is 1.24 bits per heavy atom. The van der Waals surface area contributed by atoms with E-state index in [4.69, 9.17) is 4.52 Å². The maximum Gasteiger partial charge on any atom is 0.319 e. The van der Waals surface area contributed by atoms with Crippen molar-refractivity contribution >= 4 is 11.7 Å². The van der Waals surface area contributed by atoms with Gasteiger partial charge in [0, 0.05) is 12.5 Å². The van der Waals surface area contributed by atoms with Gasteiger partial charge in [-0.05, 0) is 29.0 Å². The molecule has 0 spiro atoms. The van der Waals surface area contributed by atoms with Crippen LogP contribution < -0.4 is 10.6 Å². The number of aryl methyl sites for hydroxylation is 2. The third-order valence-electron chi connectivity index (χ3n) is 3.62. The number of tetrazole rings is 1. The Morgan fingerprint density at radius 2 is 2.08 bits per heavy atom. The van der Waals surface area contributed by atoms with Crippen molar-refractivity contribution in [3.63, 3.8) is 0 Å². The summed E-state index contributed by atoms with van der Waals surface area (Å²) < 4.78 is 6.76. The van der Waals surface area contributed by atoms with Gasteiger partial charge in [-0.2, -0.15) is 4.68 Å². The van der Waals surface area contributed by atoms with Crippen LogP contribution in [0.3, 0.4) is 0 Å². The first-order valence-corrected chi connectivity index (χ1v) is 8.07. The molecule has 0 aliphatic heterocycles. The van der Waals surface area contributed by atoms with E-state index in [1.807, 2.05) is 38.1 Å². The molecular formula is C16H19N7O2. The second-order valence-corrected chi connectivity index (χ2v) is 5.32. The number of para-hydroxylation sites is 2. The molecule has 9 nitrogen and oxygen atoms in total. The van der Waals surface area contributed by atoms with Gasteiger partial charge in [0.25, 0.3) is 0 Å². The standard InChI is InChI=1S/C16H19N7O2/c1-3-11-9-12(25-20-11)10-17-16(24)18-13-7-5-6-8-14(13)23-15(4-2)19-21-22-23/h5-9H,3-4,10H2,1-2H3,(H2,17,18,24). The molecule has 0 atom stereocenters. The lowest BCUT2D eigenvalue weighted by molar-refractivity contribution is 0.250. The highest BCUT2D eigenvalue weighted by Crippen LogP contribution is 2.20. The molecule has 1 aromatic carbocycles. The number of nitrogens with zero attached hydrogens (tertiary/aromatic N) is 5. The minimum absolute atomic E-state index is 0.256. The summed E-state index contributed by atoms with van der Waals surface area (Å²) in [5, 5.41) is 21.1. The predicted octanol–water partition coefficient (Wildman–Crippen LogP) is 2.10. The normalized spacial score (nSPS) is 10.6. The van der Waals surface area contributed by atoms with Crippen LogP contribution in [0.25, 0.3) is 5.69 Å². The van der Waals surface area contributed by atoms with Gasteiger partial charge in [0.1, 0.15) is 0 Å². The average molecular weight is 341 g/mol. The molecule has 9 heteroatoms. The molecule has 3 rings (SSSR count). The van der Waals surface area contributed by atoms with Gasteiger partial charge < -0.3 is 15.2 Å². The second-order valence-electron chi connectivity index (χ2n) is 5.32. The average Bonchev–Trinajstić information content (AvgIpc) is 3.29. The Kier molecular flexibility index (Phi) is 5.03. The molecule has 2 aromatic heterocycles. The topological polar surface area (TPSA) is 111 Å². The largest absolute Gasteiger partial charge is 0.359 e. The quantitative estimate of drug-likeness (QED) is 0.710. The zero-order valence-electron chi connectivity index (χ0n) is 14.1. The summed E-state index contributed by atoms with van der Waals surface area (Å²) in [6.45, 7) is 4.21. The number of hydrogen-bond donors (Lipinski definition) is 2. The van der Waals surface area contributed by atoms with Gasteiger partial charge in [-0.15, -0.1) is 5.10 Å². The molecule has 0 fully saturated rings. The van der Waals surface area contributed by atoms with E-state index in [0.29, 0.717) is 29.4 Å². The highest BCUT2D eigenvalue weighted by molar-refractivity contribution is 5.91. The summed E-state index contributed by atoms with van der Waals surface area (Å²) in [5.74, 6) is 1.32. The lowest BCUT2D eigenvalue weighted by atomic mass is 10.2. The monoisotopic (exact) mass is 341 g/mol. The predicted molar refractivity (Wildman–Crippen MR) is 90.3 cm³/mol. The summed E-state index contributed by atoms with van der Waals surface area (Å²) in [7, 11) is 0. The van der Waals surface area contributed by atoms with Gasteiger partial charge in [-0.25, -0.2) is 4.79 Å². The van der Waals surface area contributed by atoms with E-state index in [9.17, 15) is 4.79 Å². The number of anilines is 1. The van der Waals surface area contributed by atoms with E-state index in [2.05, 4.69) is 31.3 Å². The maximum absolute atomic E-state index is 12.2. The highest BCUT2D eigenvalue weighted by Gasteiger charge is 2.13. The van der Waals surface area contributed by atoms with Gasteiger partial charge in [0.15, 0.2) is 11.6 Å². The fourth-order valence-electron chi connectivity index (χ4n) is 2.32. The van der Waals surface area contributed by atoms with Crippen molar-refractivity contribution in [2.24, 2.45) is 0 Å². The molecule has 25 heavy (non-hydrogen) atoms. The molecule has 130 valence electrons. The molecule has 0 unspecified atom stereocenters. The molecule has 0 radical (unpaired) electrons. The summed E-state index contributed by atoms with van der Waals surface area (Å²) in [6, 6.07) is 8.80. The summed E-state index contributed by atoms with van der Waals surface area (Å²) in [4.78, 5) is 12.2. The minimum atomic E-state index is -0.354. The Labute approximate surface area is 144 Å². The zero-order valence-corrected chi connectivity index (χ0v) is 14.1. The number of amides is 2. The molecule has 2 N–H and O–H groups in total. The molecule has 0 aliphatic rings. The van der Waals surface area contributed by atoms with Gasteiger partial charge in [0.05, 0.1) is 23.6 Å². The van der Waals surface area contributed by atoms with E-state index in [0.717, 1.165) is 12.1 Å². The number of benzene rings is 1. The molecular weight excluding hydrogens is 322 g/mol. The van der Waals surface area contributed by atoms with Crippen LogP contribution in [-0.2, 0) is 19.4 Å². The Hall–Kier alpha value is -3.23.